The van der Waals surface area contributed by atoms with Gasteiger partial charge in [-0.25, -0.2) is 0 Å². The quantitative estimate of drug-likeness (QED) is 0.631. The van der Waals surface area contributed by atoms with E-state index in [9.17, 15) is 19.5 Å². The summed E-state index contributed by atoms with van der Waals surface area (Å²) < 4.78 is 15.0. The van der Waals surface area contributed by atoms with Crippen molar-refractivity contribution >= 4 is 11.8 Å². The number of methoxy groups -OCH3 is 2. The van der Waals surface area contributed by atoms with Crippen LogP contribution in [-0.2, 0) is 9.53 Å². The van der Waals surface area contributed by atoms with Crippen LogP contribution in [0.25, 0.3) is 0 Å². The minimum Gasteiger partial charge on any atom is -0.502 e. The SMILES string of the molecule is COC(=O)C[C@H](C(=O)c1ccc(OC)cc1)c1oc(C)cc(=O)c1O. The molecule has 0 unspecified atom stereocenters. The van der Waals surface area contributed by atoms with Crippen molar-refractivity contribution in [3.05, 3.63) is 57.6 Å². The van der Waals surface area contributed by atoms with Gasteiger partial charge in [0.25, 0.3) is 0 Å². The Morgan fingerprint density at radius 3 is 2.40 bits per heavy atom. The van der Waals surface area contributed by atoms with Crippen LogP contribution in [0.4, 0.5) is 0 Å². The van der Waals surface area contributed by atoms with Crippen LogP contribution in [0.5, 0.6) is 11.5 Å². The summed E-state index contributed by atoms with van der Waals surface area (Å²) in [6, 6.07) is 7.34. The van der Waals surface area contributed by atoms with Gasteiger partial charge in [-0.2, -0.15) is 0 Å². The number of Topliss-reactive ketones (excluding diaryl/α,β-unsaturated/α-hetero) is 1. The first-order valence-corrected chi connectivity index (χ1v) is 7.46. The molecule has 0 saturated heterocycles. The van der Waals surface area contributed by atoms with E-state index < -0.39 is 28.8 Å². The van der Waals surface area contributed by atoms with E-state index in [0.29, 0.717) is 5.75 Å². The molecule has 0 aliphatic carbocycles. The van der Waals surface area contributed by atoms with Gasteiger partial charge in [0.15, 0.2) is 11.5 Å². The second kappa shape index (κ2) is 7.65. The van der Waals surface area contributed by atoms with E-state index in [-0.39, 0.29) is 23.5 Å². The van der Waals surface area contributed by atoms with Crippen LogP contribution in [0, 0.1) is 6.92 Å². The number of carbonyl (C=O) groups excluding carboxylic acids is 2. The lowest BCUT2D eigenvalue weighted by molar-refractivity contribution is -0.140. The van der Waals surface area contributed by atoms with Crippen molar-refractivity contribution in [2.24, 2.45) is 0 Å². The molecule has 0 bridgehead atoms. The first-order chi connectivity index (χ1) is 11.9. The molecule has 1 aromatic heterocycles. The van der Waals surface area contributed by atoms with Crippen LogP contribution in [0.2, 0.25) is 0 Å². The van der Waals surface area contributed by atoms with Crippen LogP contribution in [-0.4, -0.2) is 31.1 Å². The summed E-state index contributed by atoms with van der Waals surface area (Å²) in [6.07, 6.45) is -0.374. The first kappa shape index (κ1) is 18.3. The normalized spacial score (nSPS) is 11.6. The van der Waals surface area contributed by atoms with E-state index >= 15 is 0 Å². The van der Waals surface area contributed by atoms with E-state index in [2.05, 4.69) is 4.74 Å². The van der Waals surface area contributed by atoms with Crippen LogP contribution in [0.1, 0.15) is 34.2 Å². The van der Waals surface area contributed by atoms with Gasteiger partial charge in [0.1, 0.15) is 11.5 Å². The molecule has 1 atom stereocenters. The summed E-state index contributed by atoms with van der Waals surface area (Å²) in [5, 5.41) is 10.0. The van der Waals surface area contributed by atoms with Crippen molar-refractivity contribution in [3.63, 3.8) is 0 Å². The predicted octanol–water partition coefficient (Wildman–Crippen LogP) is 2.19. The summed E-state index contributed by atoms with van der Waals surface area (Å²) in [4.78, 5) is 36.4. The van der Waals surface area contributed by atoms with E-state index in [1.165, 1.54) is 33.3 Å². The fourth-order valence-corrected chi connectivity index (χ4v) is 2.37. The summed E-state index contributed by atoms with van der Waals surface area (Å²) in [5.41, 5.74) is -0.408. The predicted molar refractivity (Wildman–Crippen MR) is 88.1 cm³/mol. The molecule has 0 amide bonds. The first-order valence-electron chi connectivity index (χ1n) is 7.46. The lowest BCUT2D eigenvalue weighted by Crippen LogP contribution is -2.20. The van der Waals surface area contributed by atoms with Crippen molar-refractivity contribution in [2.45, 2.75) is 19.3 Å². The molecule has 1 N–H and O–H groups in total. The van der Waals surface area contributed by atoms with Crippen LogP contribution in [0.15, 0.2) is 39.5 Å². The Bertz CT molecular complexity index is 833. The summed E-state index contributed by atoms with van der Waals surface area (Å²) in [6.45, 7) is 1.51. The molecule has 0 saturated carbocycles. The molecule has 2 rings (SSSR count). The molecule has 1 heterocycles. The highest BCUT2D eigenvalue weighted by Gasteiger charge is 2.31. The average molecular weight is 346 g/mol. The Morgan fingerprint density at radius 1 is 1.20 bits per heavy atom. The van der Waals surface area contributed by atoms with Gasteiger partial charge in [-0.3, -0.25) is 14.4 Å². The molecule has 0 fully saturated rings. The van der Waals surface area contributed by atoms with Crippen LogP contribution in [0.3, 0.4) is 0 Å². The lowest BCUT2D eigenvalue weighted by Gasteiger charge is -2.15. The van der Waals surface area contributed by atoms with E-state index in [1.54, 1.807) is 12.1 Å². The van der Waals surface area contributed by atoms with Crippen molar-refractivity contribution < 1.29 is 28.6 Å². The standard InChI is InChI=1S/C18H18O7/c1-10-8-14(19)17(22)18(25-10)13(9-15(20)24-3)16(21)11-4-6-12(23-2)7-5-11/h4-8,13,22H,9H2,1-3H3/t13-/m1/s1. The molecule has 0 spiro atoms. The topological polar surface area (TPSA) is 103 Å². The molecule has 2 aromatic rings. The van der Waals surface area contributed by atoms with Crippen molar-refractivity contribution in [1.29, 1.82) is 0 Å². The van der Waals surface area contributed by atoms with E-state index in [1.807, 2.05) is 0 Å². The zero-order valence-corrected chi connectivity index (χ0v) is 14.1. The van der Waals surface area contributed by atoms with Crippen molar-refractivity contribution in [2.75, 3.05) is 14.2 Å². The highest BCUT2D eigenvalue weighted by atomic mass is 16.5. The molecule has 1 aromatic carbocycles. The minimum atomic E-state index is -1.19. The smallest absolute Gasteiger partial charge is 0.306 e. The lowest BCUT2D eigenvalue weighted by atomic mass is 9.91. The Hall–Kier alpha value is -3.09. The third-order valence-corrected chi connectivity index (χ3v) is 3.68. The van der Waals surface area contributed by atoms with E-state index in [0.717, 1.165) is 6.07 Å². The third kappa shape index (κ3) is 4.06. The number of aromatic hydroxyl groups is 1. The number of hydrogen-bond donors (Lipinski definition) is 1. The summed E-state index contributed by atoms with van der Waals surface area (Å²) in [7, 11) is 2.68. The molecule has 7 heteroatoms. The number of aryl methyl sites for hydroxylation is 1. The monoisotopic (exact) mass is 346 g/mol. The molecular formula is C18H18O7. The molecule has 0 aliphatic rings. The molecule has 0 radical (unpaired) electrons. The maximum atomic E-state index is 12.8. The summed E-state index contributed by atoms with van der Waals surface area (Å²) in [5.74, 6) is -2.51. The van der Waals surface area contributed by atoms with Crippen LogP contribution < -0.4 is 10.2 Å². The number of hydrogen-bond acceptors (Lipinski definition) is 7. The van der Waals surface area contributed by atoms with Gasteiger partial charge in [-0.1, -0.05) is 0 Å². The van der Waals surface area contributed by atoms with Gasteiger partial charge in [0, 0.05) is 11.6 Å². The number of ketones is 1. The third-order valence-electron chi connectivity index (χ3n) is 3.68. The zero-order chi connectivity index (χ0) is 18.6. The Labute approximate surface area is 143 Å². The number of esters is 1. The van der Waals surface area contributed by atoms with Gasteiger partial charge in [-0.05, 0) is 31.2 Å². The number of benzene rings is 1. The average Bonchev–Trinajstić information content (AvgIpc) is 2.62. The summed E-state index contributed by atoms with van der Waals surface area (Å²) >= 11 is 0. The Balaban J connectivity index is 2.50. The molecular weight excluding hydrogens is 328 g/mol. The molecule has 25 heavy (non-hydrogen) atoms. The van der Waals surface area contributed by atoms with Crippen molar-refractivity contribution in [1.82, 2.24) is 0 Å². The highest BCUT2D eigenvalue weighted by Crippen LogP contribution is 2.31. The fourth-order valence-electron chi connectivity index (χ4n) is 2.37. The second-order valence-electron chi connectivity index (χ2n) is 5.36. The molecule has 132 valence electrons. The van der Waals surface area contributed by atoms with Crippen molar-refractivity contribution in [3.8, 4) is 11.5 Å². The maximum Gasteiger partial charge on any atom is 0.306 e. The van der Waals surface area contributed by atoms with E-state index in [4.69, 9.17) is 9.15 Å². The van der Waals surface area contributed by atoms with Gasteiger partial charge in [0.2, 0.25) is 11.2 Å². The van der Waals surface area contributed by atoms with Gasteiger partial charge in [-0.15, -0.1) is 0 Å². The zero-order valence-electron chi connectivity index (χ0n) is 14.1. The fraction of sp³-hybridized carbons (Fsp3) is 0.278. The number of ether oxygens (including phenoxy) is 2. The minimum absolute atomic E-state index is 0.218. The number of carbonyl (C=O) groups is 2. The van der Waals surface area contributed by atoms with Gasteiger partial charge in [0.05, 0.1) is 26.6 Å². The Morgan fingerprint density at radius 2 is 1.84 bits per heavy atom. The highest BCUT2D eigenvalue weighted by molar-refractivity contribution is 6.02. The molecule has 0 aliphatic heterocycles. The van der Waals surface area contributed by atoms with Crippen LogP contribution >= 0.6 is 0 Å². The Kier molecular flexibility index (Phi) is 5.59. The van der Waals surface area contributed by atoms with Gasteiger partial charge < -0.3 is 19.0 Å². The second-order valence-corrected chi connectivity index (χ2v) is 5.36. The largest absolute Gasteiger partial charge is 0.502 e. The number of rotatable bonds is 6. The van der Waals surface area contributed by atoms with Gasteiger partial charge >= 0.3 is 5.97 Å². The maximum absolute atomic E-state index is 12.8. The molecule has 7 nitrogen and oxygen atoms in total.